The molecule has 0 N–H and O–H groups in total. The monoisotopic (exact) mass is 134 g/mol. The molecule has 0 aliphatic heterocycles. The van der Waals surface area contributed by atoms with Gasteiger partial charge in [0.2, 0.25) is 0 Å². The second kappa shape index (κ2) is 2.26. The molecule has 0 saturated heterocycles. The number of rotatable bonds is 0. The minimum atomic E-state index is 0.789. The third-order valence-electron chi connectivity index (χ3n) is 2.83. The van der Waals surface area contributed by atoms with Crippen LogP contribution in [0.2, 0.25) is 0 Å². The van der Waals surface area contributed by atoms with Crippen molar-refractivity contribution in [2.45, 2.75) is 19.8 Å². The van der Waals surface area contributed by atoms with Crippen molar-refractivity contribution in [1.82, 2.24) is 0 Å². The Balaban J connectivity index is 2.19. The van der Waals surface area contributed by atoms with Crippen LogP contribution in [0.5, 0.6) is 0 Å². The molecule has 2 aliphatic rings. The molecule has 0 aromatic heterocycles. The van der Waals surface area contributed by atoms with Gasteiger partial charge in [0.25, 0.3) is 0 Å². The maximum Gasteiger partial charge on any atom is -0.0139 e. The average Bonchev–Trinajstić information content (AvgIpc) is 2.36. The molecule has 0 radical (unpaired) electrons. The van der Waals surface area contributed by atoms with E-state index in [2.05, 4.69) is 31.2 Å². The van der Waals surface area contributed by atoms with Gasteiger partial charge in [-0.2, -0.15) is 0 Å². The fraction of sp³-hybridized carbons (Fsp3) is 0.600. The summed E-state index contributed by atoms with van der Waals surface area (Å²) in [5, 5.41) is 0. The van der Waals surface area contributed by atoms with Gasteiger partial charge in [0.15, 0.2) is 0 Å². The zero-order valence-corrected chi connectivity index (χ0v) is 6.46. The molecule has 0 heteroatoms. The van der Waals surface area contributed by atoms with E-state index >= 15 is 0 Å². The third-order valence-corrected chi connectivity index (χ3v) is 2.83. The van der Waals surface area contributed by atoms with Gasteiger partial charge in [0.1, 0.15) is 0 Å². The highest BCUT2D eigenvalue weighted by atomic mass is 14.3. The molecule has 0 amide bonds. The van der Waals surface area contributed by atoms with Crippen LogP contribution in [-0.4, -0.2) is 0 Å². The quantitative estimate of drug-likeness (QED) is 0.447. The van der Waals surface area contributed by atoms with Gasteiger partial charge in [0.05, 0.1) is 0 Å². The normalized spacial score (nSPS) is 43.9. The molecule has 3 atom stereocenters. The standard InChI is InChI=1S/C10H14/c1-8-4-2-5-9-6-3-7-10(8)9/h2-4,7-10H,5-6H2,1H3. The Morgan fingerprint density at radius 2 is 1.80 bits per heavy atom. The lowest BCUT2D eigenvalue weighted by Crippen LogP contribution is -2.17. The predicted molar refractivity (Wildman–Crippen MR) is 43.7 cm³/mol. The topological polar surface area (TPSA) is 0 Å². The average molecular weight is 134 g/mol. The summed E-state index contributed by atoms with van der Waals surface area (Å²) in [6, 6.07) is 0. The Morgan fingerprint density at radius 1 is 1.10 bits per heavy atom. The first-order valence-corrected chi connectivity index (χ1v) is 4.21. The Labute approximate surface area is 62.6 Å². The minimum absolute atomic E-state index is 0.789. The summed E-state index contributed by atoms with van der Waals surface area (Å²) in [5.74, 6) is 2.60. The molecule has 54 valence electrons. The predicted octanol–water partition coefficient (Wildman–Crippen LogP) is 2.77. The van der Waals surface area contributed by atoms with Crippen LogP contribution >= 0.6 is 0 Å². The highest BCUT2D eigenvalue weighted by Gasteiger charge is 2.27. The number of hydrogen-bond donors (Lipinski definition) is 0. The first-order chi connectivity index (χ1) is 4.88. The van der Waals surface area contributed by atoms with E-state index in [1.807, 2.05) is 0 Å². The summed E-state index contributed by atoms with van der Waals surface area (Å²) in [5.41, 5.74) is 0. The highest BCUT2D eigenvalue weighted by Crippen LogP contribution is 2.37. The summed E-state index contributed by atoms with van der Waals surface area (Å²) < 4.78 is 0. The summed E-state index contributed by atoms with van der Waals surface area (Å²) in [7, 11) is 0. The lowest BCUT2D eigenvalue weighted by atomic mass is 9.79. The second-order valence-electron chi connectivity index (χ2n) is 3.52. The van der Waals surface area contributed by atoms with Crippen LogP contribution in [-0.2, 0) is 0 Å². The van der Waals surface area contributed by atoms with E-state index in [9.17, 15) is 0 Å². The van der Waals surface area contributed by atoms with Crippen LogP contribution in [0.4, 0.5) is 0 Å². The van der Waals surface area contributed by atoms with Gasteiger partial charge in [0, 0.05) is 0 Å². The maximum absolute atomic E-state index is 2.40. The van der Waals surface area contributed by atoms with Gasteiger partial charge in [-0.3, -0.25) is 0 Å². The molecule has 2 aliphatic carbocycles. The molecule has 0 fully saturated rings. The van der Waals surface area contributed by atoms with E-state index in [1.54, 1.807) is 0 Å². The third kappa shape index (κ3) is 0.828. The van der Waals surface area contributed by atoms with Crippen molar-refractivity contribution in [1.29, 1.82) is 0 Å². The second-order valence-corrected chi connectivity index (χ2v) is 3.52. The molecule has 3 unspecified atom stereocenters. The van der Waals surface area contributed by atoms with Gasteiger partial charge < -0.3 is 0 Å². The van der Waals surface area contributed by atoms with Gasteiger partial charge in [-0.05, 0) is 30.6 Å². The van der Waals surface area contributed by atoms with Gasteiger partial charge >= 0.3 is 0 Å². The van der Waals surface area contributed by atoms with E-state index < -0.39 is 0 Å². The number of fused-ring (bicyclic) bond motifs is 1. The summed E-state index contributed by atoms with van der Waals surface area (Å²) in [6.45, 7) is 2.32. The largest absolute Gasteiger partial charge is 0.0879 e. The Morgan fingerprint density at radius 3 is 2.50 bits per heavy atom. The van der Waals surface area contributed by atoms with Crippen molar-refractivity contribution in [2.24, 2.45) is 17.8 Å². The van der Waals surface area contributed by atoms with Gasteiger partial charge in [-0.25, -0.2) is 0 Å². The molecule has 0 saturated carbocycles. The molecule has 2 rings (SSSR count). The minimum Gasteiger partial charge on any atom is -0.0879 e. The molecule has 10 heavy (non-hydrogen) atoms. The van der Waals surface area contributed by atoms with Crippen LogP contribution in [0.3, 0.4) is 0 Å². The molecule has 0 aromatic rings. The molecule has 0 bridgehead atoms. The molecule has 0 spiro atoms. The SMILES string of the molecule is CC1C=CCC2CC=CC12. The molecular formula is C10H14. The molecule has 0 heterocycles. The Bertz CT molecular complexity index is 176. The first kappa shape index (κ1) is 6.21. The zero-order valence-electron chi connectivity index (χ0n) is 6.46. The van der Waals surface area contributed by atoms with Crippen molar-refractivity contribution in [3.8, 4) is 0 Å². The van der Waals surface area contributed by atoms with Crippen molar-refractivity contribution in [2.75, 3.05) is 0 Å². The van der Waals surface area contributed by atoms with Crippen LogP contribution < -0.4 is 0 Å². The van der Waals surface area contributed by atoms with Crippen molar-refractivity contribution in [3.05, 3.63) is 24.3 Å². The van der Waals surface area contributed by atoms with E-state index in [0.717, 1.165) is 17.8 Å². The van der Waals surface area contributed by atoms with Crippen LogP contribution in [0, 0.1) is 17.8 Å². The van der Waals surface area contributed by atoms with Gasteiger partial charge in [-0.15, -0.1) is 0 Å². The van der Waals surface area contributed by atoms with Crippen molar-refractivity contribution < 1.29 is 0 Å². The van der Waals surface area contributed by atoms with Crippen molar-refractivity contribution >= 4 is 0 Å². The highest BCUT2D eigenvalue weighted by molar-refractivity contribution is 5.11. The van der Waals surface area contributed by atoms with E-state index in [0.29, 0.717) is 0 Å². The number of hydrogen-bond acceptors (Lipinski definition) is 0. The lowest BCUT2D eigenvalue weighted by Gasteiger charge is -2.26. The number of allylic oxidation sites excluding steroid dienone is 4. The molecule has 0 nitrogen and oxygen atoms in total. The smallest absolute Gasteiger partial charge is 0.0139 e. The molecule has 0 aromatic carbocycles. The fourth-order valence-corrected chi connectivity index (χ4v) is 2.18. The van der Waals surface area contributed by atoms with Crippen molar-refractivity contribution in [3.63, 3.8) is 0 Å². The molecular weight excluding hydrogens is 120 g/mol. The van der Waals surface area contributed by atoms with Crippen LogP contribution in [0.15, 0.2) is 24.3 Å². The maximum atomic E-state index is 2.40. The van der Waals surface area contributed by atoms with Crippen LogP contribution in [0.1, 0.15) is 19.8 Å². The van der Waals surface area contributed by atoms with E-state index in [1.165, 1.54) is 12.8 Å². The summed E-state index contributed by atoms with van der Waals surface area (Å²) in [6.07, 6.45) is 12.1. The summed E-state index contributed by atoms with van der Waals surface area (Å²) >= 11 is 0. The lowest BCUT2D eigenvalue weighted by molar-refractivity contribution is 0.343. The zero-order chi connectivity index (χ0) is 6.97. The Kier molecular flexibility index (Phi) is 1.40. The summed E-state index contributed by atoms with van der Waals surface area (Å²) in [4.78, 5) is 0. The van der Waals surface area contributed by atoms with E-state index in [-0.39, 0.29) is 0 Å². The van der Waals surface area contributed by atoms with E-state index in [4.69, 9.17) is 0 Å². The fourth-order valence-electron chi connectivity index (χ4n) is 2.18. The van der Waals surface area contributed by atoms with Gasteiger partial charge in [-0.1, -0.05) is 31.2 Å². The Hall–Kier alpha value is -0.520. The van der Waals surface area contributed by atoms with Crippen LogP contribution in [0.25, 0.3) is 0 Å². The first-order valence-electron chi connectivity index (χ1n) is 4.21.